The van der Waals surface area contributed by atoms with Gasteiger partial charge in [-0.05, 0) is 62.3 Å². The topological polar surface area (TPSA) is 65.0 Å². The second-order valence-corrected chi connectivity index (χ2v) is 9.14. The van der Waals surface area contributed by atoms with Gasteiger partial charge in [0.2, 0.25) is 5.88 Å². The summed E-state index contributed by atoms with van der Waals surface area (Å²) in [4.78, 5) is 27.2. The molecule has 3 aromatic rings. The van der Waals surface area contributed by atoms with E-state index in [-0.39, 0.29) is 18.3 Å². The van der Waals surface area contributed by atoms with Crippen LogP contribution < -0.4 is 4.74 Å². The number of hydrogen-bond donors (Lipinski definition) is 0. The number of Topliss-reactive ketones (excluding diaryl/α,β-unsaturated/α-hetero) is 1. The number of thiazole rings is 1. The highest BCUT2D eigenvalue weighted by Gasteiger charge is 2.30. The van der Waals surface area contributed by atoms with Crippen LogP contribution in [0, 0.1) is 6.92 Å². The molecule has 3 heterocycles. The Morgan fingerprint density at radius 1 is 1.29 bits per heavy atom. The lowest BCUT2D eigenvalue weighted by Gasteiger charge is -2.11. The second kappa shape index (κ2) is 7.76. The summed E-state index contributed by atoms with van der Waals surface area (Å²) in [5.41, 5.74) is 4.00. The van der Waals surface area contributed by atoms with Gasteiger partial charge in [0.25, 0.3) is 0 Å². The van der Waals surface area contributed by atoms with Gasteiger partial charge in [-0.15, -0.1) is 0 Å². The van der Waals surface area contributed by atoms with E-state index in [9.17, 15) is 4.79 Å². The number of halogens is 1. The van der Waals surface area contributed by atoms with E-state index in [0.717, 1.165) is 39.3 Å². The normalized spacial score (nSPS) is 14.0. The summed E-state index contributed by atoms with van der Waals surface area (Å²) in [7, 11) is 0. The first-order chi connectivity index (χ1) is 13.4. The van der Waals surface area contributed by atoms with E-state index in [1.54, 1.807) is 23.6 Å². The smallest absolute Gasteiger partial charge is 0.232 e. The fraction of sp³-hybridized carbons (Fsp3) is 0.429. The third-order valence-electron chi connectivity index (χ3n) is 4.64. The molecule has 7 heteroatoms. The summed E-state index contributed by atoms with van der Waals surface area (Å²) in [6, 6.07) is 1.76. The number of ketones is 1. The zero-order valence-electron chi connectivity index (χ0n) is 16.2. The van der Waals surface area contributed by atoms with Crippen molar-refractivity contribution in [3.63, 3.8) is 0 Å². The first-order valence-electron chi connectivity index (χ1n) is 9.48. The molecule has 4 rings (SSSR count). The number of aromatic nitrogens is 3. The van der Waals surface area contributed by atoms with Crippen molar-refractivity contribution in [3.05, 3.63) is 45.2 Å². The first-order valence-corrected chi connectivity index (χ1v) is 10.7. The number of fused-ring (bicyclic) bond motifs is 1. The molecule has 1 saturated carbocycles. The molecule has 0 amide bonds. The minimum absolute atomic E-state index is 0.00454. The van der Waals surface area contributed by atoms with Crippen LogP contribution in [0.25, 0.3) is 10.3 Å². The van der Waals surface area contributed by atoms with E-state index in [1.165, 1.54) is 5.56 Å². The van der Waals surface area contributed by atoms with Gasteiger partial charge < -0.3 is 4.74 Å². The molecule has 0 bridgehead atoms. The maximum Gasteiger partial charge on any atom is 0.232 e. The SMILES string of the molecule is Cc1nc2c(C3CC3)c(CC(=O)Cc3cnc(OC(C)C)c(Cl)c3)cnc2s1. The average Bonchev–Trinajstić information content (AvgIpc) is 3.37. The zero-order valence-corrected chi connectivity index (χ0v) is 17.7. The van der Waals surface area contributed by atoms with Gasteiger partial charge in [0.1, 0.15) is 21.2 Å². The molecule has 3 aromatic heterocycles. The number of nitrogens with zero attached hydrogens (tertiary/aromatic N) is 3. The molecule has 0 atom stereocenters. The molecule has 1 aliphatic carbocycles. The molecule has 28 heavy (non-hydrogen) atoms. The molecule has 0 N–H and O–H groups in total. The Labute approximate surface area is 173 Å². The zero-order chi connectivity index (χ0) is 19.8. The van der Waals surface area contributed by atoms with Gasteiger partial charge >= 0.3 is 0 Å². The molecular formula is C21H22ClN3O2S. The number of pyridine rings is 2. The number of rotatable bonds is 7. The van der Waals surface area contributed by atoms with Gasteiger partial charge in [0, 0.05) is 25.2 Å². The summed E-state index contributed by atoms with van der Waals surface area (Å²) in [6.45, 7) is 5.83. The minimum atomic E-state index is -0.00454. The van der Waals surface area contributed by atoms with Crippen molar-refractivity contribution in [2.24, 2.45) is 0 Å². The van der Waals surface area contributed by atoms with Crippen LogP contribution in [-0.2, 0) is 17.6 Å². The van der Waals surface area contributed by atoms with Crippen molar-refractivity contribution < 1.29 is 9.53 Å². The van der Waals surface area contributed by atoms with E-state index in [2.05, 4.69) is 15.0 Å². The van der Waals surface area contributed by atoms with Gasteiger partial charge in [-0.2, -0.15) is 0 Å². The Morgan fingerprint density at radius 3 is 2.75 bits per heavy atom. The molecule has 1 fully saturated rings. The molecule has 0 aromatic carbocycles. The first kappa shape index (κ1) is 19.3. The van der Waals surface area contributed by atoms with E-state index < -0.39 is 0 Å². The monoisotopic (exact) mass is 415 g/mol. The van der Waals surface area contributed by atoms with E-state index >= 15 is 0 Å². The Morgan fingerprint density at radius 2 is 2.07 bits per heavy atom. The fourth-order valence-electron chi connectivity index (χ4n) is 3.38. The molecule has 0 spiro atoms. The van der Waals surface area contributed by atoms with Crippen molar-refractivity contribution in [1.29, 1.82) is 0 Å². The fourth-order valence-corrected chi connectivity index (χ4v) is 4.39. The summed E-state index contributed by atoms with van der Waals surface area (Å²) < 4.78 is 5.55. The standard InChI is InChI=1S/C21H22ClN3O2S/c1-11(2)27-20-17(22)7-13(9-23-20)6-16(26)8-15-10-24-21-19(25-12(3)28-21)18(15)14-4-5-14/h7,9-11,14H,4-6,8H2,1-3H3. The Balaban J connectivity index is 1.53. The second-order valence-electron chi connectivity index (χ2n) is 7.55. The Kier molecular flexibility index (Phi) is 5.34. The highest BCUT2D eigenvalue weighted by atomic mass is 35.5. The van der Waals surface area contributed by atoms with Crippen molar-refractivity contribution in [2.75, 3.05) is 0 Å². The van der Waals surface area contributed by atoms with Gasteiger partial charge in [-0.25, -0.2) is 15.0 Å². The van der Waals surface area contributed by atoms with Crippen LogP contribution in [0.15, 0.2) is 18.5 Å². The molecule has 1 aliphatic rings. The molecule has 146 valence electrons. The van der Waals surface area contributed by atoms with Crippen molar-refractivity contribution >= 4 is 39.1 Å². The molecular weight excluding hydrogens is 394 g/mol. The number of hydrogen-bond acceptors (Lipinski definition) is 6. The predicted octanol–water partition coefficient (Wildman–Crippen LogP) is 5.07. The molecule has 0 aliphatic heterocycles. The molecule has 0 unspecified atom stereocenters. The third-order valence-corrected chi connectivity index (χ3v) is 5.79. The summed E-state index contributed by atoms with van der Waals surface area (Å²) in [6.07, 6.45) is 6.47. The minimum Gasteiger partial charge on any atom is -0.474 e. The van der Waals surface area contributed by atoms with Crippen LogP contribution in [-0.4, -0.2) is 26.8 Å². The largest absolute Gasteiger partial charge is 0.474 e. The lowest BCUT2D eigenvalue weighted by Crippen LogP contribution is -2.10. The van der Waals surface area contributed by atoms with E-state index in [4.69, 9.17) is 16.3 Å². The maximum absolute atomic E-state index is 12.7. The van der Waals surface area contributed by atoms with Gasteiger partial charge in [0.05, 0.1) is 11.1 Å². The highest BCUT2D eigenvalue weighted by molar-refractivity contribution is 7.18. The summed E-state index contributed by atoms with van der Waals surface area (Å²) in [5.74, 6) is 1.03. The van der Waals surface area contributed by atoms with Crippen LogP contribution in [0.5, 0.6) is 5.88 Å². The van der Waals surface area contributed by atoms with Crippen LogP contribution in [0.4, 0.5) is 0 Å². The number of aryl methyl sites for hydroxylation is 1. The van der Waals surface area contributed by atoms with E-state index in [0.29, 0.717) is 23.2 Å². The number of carbonyl (C=O) groups is 1. The molecule has 5 nitrogen and oxygen atoms in total. The van der Waals surface area contributed by atoms with Crippen LogP contribution in [0.2, 0.25) is 5.02 Å². The van der Waals surface area contributed by atoms with Crippen molar-refractivity contribution in [3.8, 4) is 5.88 Å². The van der Waals surface area contributed by atoms with Crippen LogP contribution >= 0.6 is 22.9 Å². The van der Waals surface area contributed by atoms with E-state index in [1.807, 2.05) is 27.0 Å². The van der Waals surface area contributed by atoms with Gasteiger partial charge in [0.15, 0.2) is 0 Å². The summed E-state index contributed by atoms with van der Waals surface area (Å²) in [5, 5.41) is 1.44. The molecule has 0 radical (unpaired) electrons. The van der Waals surface area contributed by atoms with Gasteiger partial charge in [-0.3, -0.25) is 4.79 Å². The van der Waals surface area contributed by atoms with Crippen molar-refractivity contribution in [2.45, 2.75) is 58.5 Å². The van der Waals surface area contributed by atoms with Crippen molar-refractivity contribution in [1.82, 2.24) is 15.0 Å². The highest BCUT2D eigenvalue weighted by Crippen LogP contribution is 2.45. The quantitative estimate of drug-likeness (QED) is 0.539. The molecule has 0 saturated heterocycles. The third kappa shape index (κ3) is 4.18. The lowest BCUT2D eigenvalue weighted by molar-refractivity contribution is -0.117. The maximum atomic E-state index is 12.7. The Bertz CT molecular complexity index is 1040. The van der Waals surface area contributed by atoms with Crippen LogP contribution in [0.1, 0.15) is 54.3 Å². The number of carbonyl (C=O) groups excluding carboxylic acids is 1. The van der Waals surface area contributed by atoms with Gasteiger partial charge in [-0.1, -0.05) is 22.9 Å². The predicted molar refractivity (Wildman–Crippen MR) is 112 cm³/mol. The number of ether oxygens (including phenoxy) is 1. The average molecular weight is 416 g/mol. The summed E-state index contributed by atoms with van der Waals surface area (Å²) >= 11 is 7.85. The lowest BCUT2D eigenvalue weighted by atomic mass is 9.98. The van der Waals surface area contributed by atoms with Crippen LogP contribution in [0.3, 0.4) is 0 Å². The Hall–Kier alpha value is -2.05.